The average Bonchev–Trinajstić information content (AvgIpc) is 3.22. The van der Waals surface area contributed by atoms with Gasteiger partial charge in [0.1, 0.15) is 17.6 Å². The molecule has 1 fully saturated rings. The Morgan fingerprint density at radius 1 is 1.13 bits per heavy atom. The number of nitriles is 1. The molecule has 1 N–H and O–H groups in total. The fourth-order valence-corrected chi connectivity index (χ4v) is 5.69. The molecule has 2 aliphatic rings. The molecule has 12 heteroatoms. The van der Waals surface area contributed by atoms with Crippen molar-refractivity contribution in [3.8, 4) is 34.1 Å². The van der Waals surface area contributed by atoms with Crippen molar-refractivity contribution < 1.29 is 8.78 Å². The van der Waals surface area contributed by atoms with Crippen LogP contribution in [-0.2, 0) is 0 Å². The van der Waals surface area contributed by atoms with E-state index in [0.29, 0.717) is 27.5 Å². The third kappa shape index (κ3) is 3.67. The molecule has 3 atom stereocenters. The molecule has 1 aromatic carbocycles. The van der Waals surface area contributed by atoms with Crippen LogP contribution in [0.2, 0.25) is 5.02 Å². The van der Waals surface area contributed by atoms with E-state index in [0.717, 1.165) is 12.1 Å². The summed E-state index contributed by atoms with van der Waals surface area (Å²) in [6, 6.07) is 13.0. The minimum absolute atomic E-state index is 0.0463. The van der Waals surface area contributed by atoms with Crippen molar-refractivity contribution in [3.05, 3.63) is 98.8 Å². The van der Waals surface area contributed by atoms with E-state index in [1.54, 1.807) is 35.8 Å². The molecule has 1 aliphatic carbocycles. The molecule has 0 radical (unpaired) electrons. The first-order valence-electron chi connectivity index (χ1n) is 12.1. The molecule has 7 rings (SSSR count). The summed E-state index contributed by atoms with van der Waals surface area (Å²) in [4.78, 5) is 24.4. The van der Waals surface area contributed by atoms with Crippen molar-refractivity contribution in [2.45, 2.75) is 25.3 Å². The van der Waals surface area contributed by atoms with Gasteiger partial charge in [0.15, 0.2) is 5.69 Å². The summed E-state index contributed by atoms with van der Waals surface area (Å²) in [5.41, 5.74) is 2.80. The van der Waals surface area contributed by atoms with Crippen molar-refractivity contribution >= 4 is 11.6 Å². The monoisotopic (exact) mass is 542 g/mol. The zero-order valence-corrected chi connectivity index (χ0v) is 21.0. The Labute approximate surface area is 224 Å². The zero-order chi connectivity index (χ0) is 27.0. The quantitative estimate of drug-likeness (QED) is 0.329. The SMILES string of the molecule is Cc1ccc(-c2nc(C3C4CC4c4cc(-c5cc(Cl)ccc5-n5cc(C#N)nn5)cc(=O)n43)[nH]c2F)c(F)n1. The van der Waals surface area contributed by atoms with Crippen molar-refractivity contribution in [1.82, 2.24) is 34.5 Å². The molecule has 39 heavy (non-hydrogen) atoms. The molecule has 9 nitrogen and oxygen atoms in total. The number of H-pyrrole nitrogens is 1. The minimum Gasteiger partial charge on any atom is -0.317 e. The van der Waals surface area contributed by atoms with Gasteiger partial charge < -0.3 is 9.55 Å². The van der Waals surface area contributed by atoms with Crippen LogP contribution in [0.1, 0.15) is 41.3 Å². The van der Waals surface area contributed by atoms with Gasteiger partial charge in [-0.3, -0.25) is 4.79 Å². The number of fused-ring (bicyclic) bond motifs is 3. The van der Waals surface area contributed by atoms with Gasteiger partial charge in [-0.15, -0.1) is 5.10 Å². The van der Waals surface area contributed by atoms with Gasteiger partial charge >= 0.3 is 0 Å². The molecule has 192 valence electrons. The molecule has 0 bridgehead atoms. The Hall–Kier alpha value is -4.69. The fraction of sp³-hybridized carbons (Fsp3) is 0.185. The number of halogens is 3. The Bertz CT molecular complexity index is 1920. The van der Waals surface area contributed by atoms with E-state index in [1.165, 1.54) is 23.0 Å². The largest absolute Gasteiger partial charge is 0.317 e. The van der Waals surface area contributed by atoms with E-state index in [-0.39, 0.29) is 40.2 Å². The standard InChI is InChI=1S/C27H17ClF2N8O/c1-12-2-4-16(25(29)32-12)23-26(30)34-27(33-23)24-19-9-18(19)21-6-13(7-22(39)38(21)24)17-8-14(28)3-5-20(17)37-11-15(10-31)35-36-37/h2-8,11,18-19,24H,9H2,1H3,(H,33,34). The lowest BCUT2D eigenvalue weighted by Crippen LogP contribution is -2.26. The highest BCUT2D eigenvalue weighted by Crippen LogP contribution is 2.60. The van der Waals surface area contributed by atoms with Gasteiger partial charge in [-0.25, -0.2) is 14.6 Å². The second kappa shape index (κ2) is 8.41. The predicted molar refractivity (Wildman–Crippen MR) is 136 cm³/mol. The predicted octanol–water partition coefficient (Wildman–Crippen LogP) is 4.70. The van der Waals surface area contributed by atoms with Gasteiger partial charge in [0.25, 0.3) is 5.56 Å². The number of rotatable bonds is 4. The van der Waals surface area contributed by atoms with E-state index in [9.17, 15) is 13.6 Å². The van der Waals surface area contributed by atoms with Gasteiger partial charge in [0, 0.05) is 34.0 Å². The molecule has 0 spiro atoms. The molecular formula is C27H17ClF2N8O. The maximum absolute atomic E-state index is 15.0. The first kappa shape index (κ1) is 23.4. The molecule has 4 aromatic heterocycles. The summed E-state index contributed by atoms with van der Waals surface area (Å²) in [5, 5.41) is 17.5. The number of hydrogen-bond donors (Lipinski definition) is 1. The summed E-state index contributed by atoms with van der Waals surface area (Å²) in [5.74, 6) is -1.18. The Balaban J connectivity index is 1.32. The number of aryl methyl sites for hydroxylation is 1. The second-order valence-corrected chi connectivity index (χ2v) is 10.2. The summed E-state index contributed by atoms with van der Waals surface area (Å²) in [7, 11) is 0. The molecule has 0 saturated heterocycles. The summed E-state index contributed by atoms with van der Waals surface area (Å²) in [6.45, 7) is 1.64. The molecule has 0 amide bonds. The maximum atomic E-state index is 15.0. The summed E-state index contributed by atoms with van der Waals surface area (Å²) >= 11 is 6.31. The number of aromatic nitrogens is 7. The van der Waals surface area contributed by atoms with Crippen molar-refractivity contribution in [3.63, 3.8) is 0 Å². The molecule has 1 aliphatic heterocycles. The molecular weight excluding hydrogens is 526 g/mol. The first-order chi connectivity index (χ1) is 18.8. The van der Waals surface area contributed by atoms with Crippen molar-refractivity contribution in [2.75, 3.05) is 0 Å². The van der Waals surface area contributed by atoms with E-state index in [1.807, 2.05) is 12.1 Å². The summed E-state index contributed by atoms with van der Waals surface area (Å²) < 4.78 is 32.5. The lowest BCUT2D eigenvalue weighted by molar-refractivity contribution is 0.504. The molecule has 3 unspecified atom stereocenters. The lowest BCUT2D eigenvalue weighted by atomic mass is 10.0. The Morgan fingerprint density at radius 3 is 2.74 bits per heavy atom. The van der Waals surface area contributed by atoms with E-state index in [2.05, 4.69) is 25.3 Å². The van der Waals surface area contributed by atoms with Crippen LogP contribution in [0.25, 0.3) is 28.1 Å². The van der Waals surface area contributed by atoms with Crippen LogP contribution in [-0.4, -0.2) is 34.5 Å². The van der Waals surface area contributed by atoms with E-state index < -0.39 is 17.9 Å². The van der Waals surface area contributed by atoms with E-state index in [4.69, 9.17) is 16.9 Å². The highest BCUT2D eigenvalue weighted by atomic mass is 35.5. The number of aromatic amines is 1. The summed E-state index contributed by atoms with van der Waals surface area (Å²) in [6.07, 6.45) is 2.30. The number of nitrogens with one attached hydrogen (secondary N) is 1. The molecule has 5 heterocycles. The van der Waals surface area contributed by atoms with Crippen LogP contribution in [0.5, 0.6) is 0 Å². The third-order valence-electron chi connectivity index (χ3n) is 7.33. The van der Waals surface area contributed by atoms with Crippen LogP contribution in [0, 0.1) is 36.1 Å². The number of hydrogen-bond acceptors (Lipinski definition) is 6. The number of pyridine rings is 2. The topological polar surface area (TPSA) is 118 Å². The number of benzene rings is 1. The molecule has 5 aromatic rings. The minimum atomic E-state index is -0.809. The van der Waals surface area contributed by atoms with Crippen molar-refractivity contribution in [1.29, 1.82) is 5.26 Å². The van der Waals surface area contributed by atoms with Crippen molar-refractivity contribution in [2.24, 2.45) is 5.92 Å². The lowest BCUT2D eigenvalue weighted by Gasteiger charge is -2.17. The second-order valence-electron chi connectivity index (χ2n) is 9.73. The van der Waals surface area contributed by atoms with Gasteiger partial charge in [0.05, 0.1) is 23.5 Å². The van der Waals surface area contributed by atoms with Crippen LogP contribution in [0.4, 0.5) is 8.78 Å². The van der Waals surface area contributed by atoms with Gasteiger partial charge in [-0.2, -0.15) is 14.0 Å². The average molecular weight is 543 g/mol. The number of imidazole rings is 1. The highest BCUT2D eigenvalue weighted by molar-refractivity contribution is 6.31. The molecule has 1 saturated carbocycles. The maximum Gasteiger partial charge on any atom is 0.252 e. The highest BCUT2D eigenvalue weighted by Gasteiger charge is 2.54. The fourth-order valence-electron chi connectivity index (χ4n) is 5.52. The van der Waals surface area contributed by atoms with Gasteiger partial charge in [0.2, 0.25) is 11.9 Å². The third-order valence-corrected chi connectivity index (χ3v) is 7.56. The van der Waals surface area contributed by atoms with Gasteiger partial charge in [-0.05, 0) is 61.2 Å². The van der Waals surface area contributed by atoms with Crippen LogP contribution < -0.4 is 5.56 Å². The normalized spacial score (nSPS) is 19.0. The smallest absolute Gasteiger partial charge is 0.252 e. The Kier molecular flexibility index (Phi) is 5.05. The van der Waals surface area contributed by atoms with Gasteiger partial charge in [-0.1, -0.05) is 16.8 Å². The van der Waals surface area contributed by atoms with Crippen LogP contribution in [0.15, 0.2) is 53.5 Å². The number of nitrogens with zero attached hydrogens (tertiary/aromatic N) is 7. The van der Waals surface area contributed by atoms with E-state index >= 15 is 0 Å². The van der Waals surface area contributed by atoms with Crippen LogP contribution >= 0.6 is 11.6 Å². The zero-order valence-electron chi connectivity index (χ0n) is 20.2. The Morgan fingerprint density at radius 2 is 1.97 bits per heavy atom. The first-order valence-corrected chi connectivity index (χ1v) is 12.5. The van der Waals surface area contributed by atoms with Crippen LogP contribution in [0.3, 0.4) is 0 Å².